The van der Waals surface area contributed by atoms with E-state index in [0.29, 0.717) is 6.42 Å². The van der Waals surface area contributed by atoms with Crippen LogP contribution in [0.25, 0.3) is 5.76 Å². The Balaban J connectivity index is 1.98. The van der Waals surface area contributed by atoms with Crippen LogP contribution in [0.15, 0.2) is 60.2 Å². The molecule has 0 spiro atoms. The van der Waals surface area contributed by atoms with Crippen LogP contribution in [0.3, 0.4) is 0 Å². The second-order valence-electron chi connectivity index (χ2n) is 5.78. The van der Waals surface area contributed by atoms with Gasteiger partial charge in [0, 0.05) is 17.6 Å². The highest BCUT2D eigenvalue weighted by Gasteiger charge is 2.32. The summed E-state index contributed by atoms with van der Waals surface area (Å²) in [5.41, 5.74) is 3.00. The van der Waals surface area contributed by atoms with E-state index in [1.807, 2.05) is 36.4 Å². The van der Waals surface area contributed by atoms with Crippen LogP contribution < -0.4 is 5.19 Å². The van der Waals surface area contributed by atoms with E-state index in [-0.39, 0.29) is 0 Å². The standard InChI is InChI=1S/C18H18O2Si/c1-21(2,16-9-4-3-5-10-16)20-18-15(13-19)12-14-8-6-7-11-17(14)18/h3-11,13H,12H2,1-2H3. The monoisotopic (exact) mass is 294 g/mol. The van der Waals surface area contributed by atoms with Crippen molar-refractivity contribution in [2.75, 3.05) is 0 Å². The summed E-state index contributed by atoms with van der Waals surface area (Å²) >= 11 is 0. The summed E-state index contributed by atoms with van der Waals surface area (Å²) in [5, 5.41) is 1.23. The zero-order chi connectivity index (χ0) is 14.9. The Morgan fingerprint density at radius 2 is 1.67 bits per heavy atom. The van der Waals surface area contributed by atoms with Crippen LogP contribution in [0.4, 0.5) is 0 Å². The van der Waals surface area contributed by atoms with Gasteiger partial charge in [-0.05, 0) is 23.8 Å². The number of carbonyl (C=O) groups excluding carboxylic acids is 1. The Kier molecular flexibility index (Phi) is 3.51. The lowest BCUT2D eigenvalue weighted by Crippen LogP contribution is -2.44. The number of carbonyl (C=O) groups is 1. The van der Waals surface area contributed by atoms with Crippen LogP contribution in [0.2, 0.25) is 13.1 Å². The molecule has 3 rings (SSSR count). The maximum absolute atomic E-state index is 11.4. The molecule has 106 valence electrons. The zero-order valence-corrected chi connectivity index (χ0v) is 13.3. The largest absolute Gasteiger partial charge is 0.539 e. The van der Waals surface area contributed by atoms with Gasteiger partial charge in [0.1, 0.15) is 12.0 Å². The van der Waals surface area contributed by atoms with E-state index in [9.17, 15) is 4.79 Å². The predicted octanol–water partition coefficient (Wildman–Crippen LogP) is 3.28. The minimum atomic E-state index is -2.09. The molecule has 3 heteroatoms. The summed E-state index contributed by atoms with van der Waals surface area (Å²) in [5.74, 6) is 0.779. The van der Waals surface area contributed by atoms with Gasteiger partial charge in [0.25, 0.3) is 8.32 Å². The van der Waals surface area contributed by atoms with Crippen LogP contribution in [0.5, 0.6) is 0 Å². The van der Waals surface area contributed by atoms with E-state index < -0.39 is 8.32 Å². The number of hydrogen-bond acceptors (Lipinski definition) is 2. The average Bonchev–Trinajstić information content (AvgIpc) is 2.86. The van der Waals surface area contributed by atoms with Crippen LogP contribution in [-0.4, -0.2) is 14.6 Å². The van der Waals surface area contributed by atoms with Gasteiger partial charge in [-0.1, -0.05) is 54.6 Å². The highest BCUT2D eigenvalue weighted by Crippen LogP contribution is 2.34. The quantitative estimate of drug-likeness (QED) is 0.639. The van der Waals surface area contributed by atoms with E-state index in [4.69, 9.17) is 4.43 Å². The number of fused-ring (bicyclic) bond motifs is 1. The first-order chi connectivity index (χ1) is 10.1. The van der Waals surface area contributed by atoms with Gasteiger partial charge in [0.15, 0.2) is 0 Å². The normalized spacial score (nSPS) is 14.0. The molecule has 1 aliphatic rings. The number of rotatable bonds is 4. The predicted molar refractivity (Wildman–Crippen MR) is 87.8 cm³/mol. The SMILES string of the molecule is C[Si](C)(OC1=C(C=O)Cc2ccccc21)c1ccccc1. The van der Waals surface area contributed by atoms with Crippen LogP contribution in [0, 0.1) is 0 Å². The van der Waals surface area contributed by atoms with Crippen molar-refractivity contribution >= 4 is 25.5 Å². The van der Waals surface area contributed by atoms with E-state index >= 15 is 0 Å². The molecule has 0 unspecified atom stereocenters. The highest BCUT2D eigenvalue weighted by molar-refractivity contribution is 6.85. The first-order valence-corrected chi connectivity index (χ1v) is 10.0. The fraction of sp³-hybridized carbons (Fsp3) is 0.167. The van der Waals surface area contributed by atoms with Gasteiger partial charge < -0.3 is 4.43 Å². The Labute approximate surface area is 126 Å². The van der Waals surface area contributed by atoms with Gasteiger partial charge in [-0.25, -0.2) is 0 Å². The van der Waals surface area contributed by atoms with Gasteiger partial charge in [-0.15, -0.1) is 0 Å². The van der Waals surface area contributed by atoms with Crippen molar-refractivity contribution in [1.29, 1.82) is 0 Å². The molecule has 0 N–H and O–H groups in total. The van der Waals surface area contributed by atoms with E-state index in [0.717, 1.165) is 23.2 Å². The maximum Gasteiger partial charge on any atom is 0.276 e. The van der Waals surface area contributed by atoms with Crippen molar-refractivity contribution in [2.24, 2.45) is 0 Å². The Morgan fingerprint density at radius 3 is 2.38 bits per heavy atom. The molecule has 2 aromatic carbocycles. The highest BCUT2D eigenvalue weighted by atomic mass is 28.4. The molecule has 0 fully saturated rings. The Morgan fingerprint density at radius 1 is 1.00 bits per heavy atom. The minimum absolute atomic E-state index is 0.675. The zero-order valence-electron chi connectivity index (χ0n) is 12.3. The first kappa shape index (κ1) is 13.8. The van der Waals surface area contributed by atoms with Crippen molar-refractivity contribution in [1.82, 2.24) is 0 Å². The molecule has 0 saturated heterocycles. The van der Waals surface area contributed by atoms with Crippen molar-refractivity contribution in [3.8, 4) is 0 Å². The third-order valence-electron chi connectivity index (χ3n) is 3.90. The summed E-state index contributed by atoms with van der Waals surface area (Å²) in [7, 11) is -2.09. The molecule has 0 saturated carbocycles. The van der Waals surface area contributed by atoms with Crippen LogP contribution in [-0.2, 0) is 15.6 Å². The third kappa shape index (κ3) is 2.57. The first-order valence-electron chi connectivity index (χ1n) is 7.13. The number of benzene rings is 2. The molecule has 2 aromatic rings. The van der Waals surface area contributed by atoms with Gasteiger partial charge in [0.2, 0.25) is 0 Å². The van der Waals surface area contributed by atoms with Crippen LogP contribution >= 0.6 is 0 Å². The topological polar surface area (TPSA) is 26.3 Å². The van der Waals surface area contributed by atoms with Crippen molar-refractivity contribution in [3.05, 3.63) is 71.3 Å². The van der Waals surface area contributed by atoms with E-state index in [1.165, 1.54) is 10.8 Å². The molecule has 2 nitrogen and oxygen atoms in total. The van der Waals surface area contributed by atoms with Crippen molar-refractivity contribution < 1.29 is 9.22 Å². The van der Waals surface area contributed by atoms with Gasteiger partial charge in [-0.3, -0.25) is 4.79 Å². The average molecular weight is 294 g/mol. The molecule has 1 aliphatic carbocycles. The number of allylic oxidation sites excluding steroid dienone is 1. The second-order valence-corrected chi connectivity index (χ2v) is 9.59. The van der Waals surface area contributed by atoms with Gasteiger partial charge in [-0.2, -0.15) is 0 Å². The summed E-state index contributed by atoms with van der Waals surface area (Å²) in [4.78, 5) is 11.4. The smallest absolute Gasteiger partial charge is 0.276 e. The summed E-state index contributed by atoms with van der Waals surface area (Å²) in [6, 6.07) is 18.4. The van der Waals surface area contributed by atoms with Crippen molar-refractivity contribution in [3.63, 3.8) is 0 Å². The fourth-order valence-electron chi connectivity index (χ4n) is 2.72. The molecule has 0 aromatic heterocycles. The third-order valence-corrected chi connectivity index (χ3v) is 6.34. The molecular weight excluding hydrogens is 276 g/mol. The molecular formula is C18H18O2Si. The summed E-state index contributed by atoms with van der Waals surface area (Å²) < 4.78 is 6.40. The molecule has 0 heterocycles. The van der Waals surface area contributed by atoms with E-state index in [1.54, 1.807) is 0 Å². The maximum atomic E-state index is 11.4. The number of hydrogen-bond donors (Lipinski definition) is 0. The fourth-order valence-corrected chi connectivity index (χ4v) is 4.59. The minimum Gasteiger partial charge on any atom is -0.539 e. The Bertz CT molecular complexity index is 702. The molecule has 0 radical (unpaired) electrons. The molecule has 0 amide bonds. The van der Waals surface area contributed by atoms with Gasteiger partial charge >= 0.3 is 0 Å². The van der Waals surface area contributed by atoms with E-state index in [2.05, 4.69) is 31.3 Å². The Hall–Kier alpha value is -2.13. The molecule has 21 heavy (non-hydrogen) atoms. The summed E-state index contributed by atoms with van der Waals surface area (Å²) in [6.07, 6.45) is 1.61. The number of aldehydes is 1. The van der Waals surface area contributed by atoms with Crippen molar-refractivity contribution in [2.45, 2.75) is 19.5 Å². The summed E-state index contributed by atoms with van der Waals surface area (Å²) in [6.45, 7) is 4.33. The lowest BCUT2D eigenvalue weighted by molar-refractivity contribution is -0.104. The lowest BCUT2D eigenvalue weighted by atomic mass is 10.1. The van der Waals surface area contributed by atoms with Crippen LogP contribution in [0.1, 0.15) is 11.1 Å². The molecule has 0 aliphatic heterocycles. The second kappa shape index (κ2) is 5.33. The lowest BCUT2D eigenvalue weighted by Gasteiger charge is -2.26. The molecule has 0 bridgehead atoms. The van der Waals surface area contributed by atoms with Gasteiger partial charge in [0.05, 0.1) is 0 Å². The molecule has 0 atom stereocenters.